The number of fused-ring (bicyclic) bond motifs is 16. The lowest BCUT2D eigenvalue weighted by Gasteiger charge is -2.59. The van der Waals surface area contributed by atoms with Crippen LogP contribution < -0.4 is 14.2 Å². The Bertz CT molecular complexity index is 5550. The quantitative estimate of drug-likeness (QED) is 0.0877. The number of ether oxygens (including phenoxy) is 15. The first-order valence-corrected chi connectivity index (χ1v) is 49.7. The van der Waals surface area contributed by atoms with Gasteiger partial charge in [0.15, 0.2) is 17.8 Å². The number of benzene rings is 8. The highest BCUT2D eigenvalue weighted by Gasteiger charge is 2.64. The van der Waals surface area contributed by atoms with Crippen molar-refractivity contribution < 1.29 is 85.4 Å². The Labute approximate surface area is 760 Å². The first-order valence-electron chi connectivity index (χ1n) is 46.5. The molecular weight excluding hydrogens is 1680 g/mol. The number of rotatable bonds is 11. The molecule has 5 saturated heterocycles. The van der Waals surface area contributed by atoms with Crippen LogP contribution >= 0.6 is 47.0 Å². The van der Waals surface area contributed by atoms with Gasteiger partial charge in [-0.3, -0.25) is 0 Å². The van der Waals surface area contributed by atoms with E-state index in [9.17, 15) is 14.4 Å². The smallest absolute Gasteiger partial charge is 0.341 e. The van der Waals surface area contributed by atoms with Crippen molar-refractivity contribution in [2.24, 2.45) is 65.1 Å². The molecule has 18 nitrogen and oxygen atoms in total. The van der Waals surface area contributed by atoms with E-state index in [0.29, 0.717) is 48.0 Å². The maximum absolute atomic E-state index is 13.8. The summed E-state index contributed by atoms with van der Waals surface area (Å²) < 4.78 is 93.7. The van der Waals surface area contributed by atoms with Crippen LogP contribution in [0, 0.1) is 65.1 Å². The molecular formula is C105H112O18S4. The fourth-order valence-corrected chi connectivity index (χ4v) is 31.1. The van der Waals surface area contributed by atoms with Crippen LogP contribution in [0.25, 0.3) is 0 Å². The molecule has 12 saturated carbocycles. The minimum absolute atomic E-state index is 0.0872. The van der Waals surface area contributed by atoms with Crippen LogP contribution in [0.3, 0.4) is 0 Å². The summed E-state index contributed by atoms with van der Waals surface area (Å²) in [6.45, 7) is 11.2. The highest BCUT2D eigenvalue weighted by Crippen LogP contribution is 2.65. The zero-order chi connectivity index (χ0) is 86.1. The fourth-order valence-electron chi connectivity index (χ4n) is 26.6. The summed E-state index contributed by atoms with van der Waals surface area (Å²) in [6.07, 6.45) is 19.7. The fraction of sp³-hybridized carbons (Fsp3) is 0.514. The van der Waals surface area contributed by atoms with Gasteiger partial charge >= 0.3 is 17.9 Å². The van der Waals surface area contributed by atoms with Crippen LogP contribution in [-0.4, -0.2) is 120 Å². The van der Waals surface area contributed by atoms with E-state index in [4.69, 9.17) is 71.1 Å². The number of hydrogen-bond acceptors (Lipinski definition) is 22. The summed E-state index contributed by atoms with van der Waals surface area (Å²) in [4.78, 5) is 49.6. The summed E-state index contributed by atoms with van der Waals surface area (Å²) in [5.74, 6) is 4.93. The highest BCUT2D eigenvalue weighted by molar-refractivity contribution is 8.00. The molecule has 29 rings (SSSR count). The van der Waals surface area contributed by atoms with Crippen LogP contribution in [0.1, 0.15) is 199 Å². The predicted molar refractivity (Wildman–Crippen MR) is 477 cm³/mol. The van der Waals surface area contributed by atoms with Crippen molar-refractivity contribution in [3.63, 3.8) is 0 Å². The predicted octanol–water partition coefficient (Wildman–Crippen LogP) is 21.4. The summed E-state index contributed by atoms with van der Waals surface area (Å²) in [5.41, 5.74) is 6.89. The lowest BCUT2D eigenvalue weighted by atomic mass is 9.50. The van der Waals surface area contributed by atoms with Crippen LogP contribution in [0.5, 0.6) is 17.2 Å². The summed E-state index contributed by atoms with van der Waals surface area (Å²) in [5, 5.41) is 0. The largest absolute Gasteiger partial charge is 0.497 e. The van der Waals surface area contributed by atoms with E-state index in [-0.39, 0.29) is 60.6 Å². The van der Waals surface area contributed by atoms with Crippen molar-refractivity contribution in [2.75, 3.05) is 61.0 Å². The zero-order valence-electron chi connectivity index (χ0n) is 73.3. The van der Waals surface area contributed by atoms with Crippen LogP contribution in [0.15, 0.2) is 209 Å². The average Bonchev–Trinajstić information content (AvgIpc) is 1.60. The van der Waals surface area contributed by atoms with Crippen molar-refractivity contribution in [3.8, 4) is 17.2 Å². The van der Waals surface area contributed by atoms with Gasteiger partial charge in [-0.15, -0.1) is 0 Å². The van der Waals surface area contributed by atoms with E-state index < -0.39 is 41.0 Å². The van der Waals surface area contributed by atoms with E-state index in [1.54, 1.807) is 56.6 Å². The van der Waals surface area contributed by atoms with Crippen molar-refractivity contribution in [3.05, 3.63) is 220 Å². The molecule has 9 aliphatic heterocycles. The van der Waals surface area contributed by atoms with Gasteiger partial charge in [0.1, 0.15) is 34.1 Å². The van der Waals surface area contributed by atoms with Crippen LogP contribution in [-0.2, 0) is 94.4 Å². The summed E-state index contributed by atoms with van der Waals surface area (Å²) in [6, 6.07) is 57.4. The number of carbonyl (C=O) groups is 3. The second kappa shape index (κ2) is 32.2. The van der Waals surface area contributed by atoms with Gasteiger partial charge in [-0.05, 0) is 291 Å². The van der Waals surface area contributed by atoms with E-state index in [1.165, 1.54) is 86.0 Å². The normalized spacial score (nSPS) is 36.8. The zero-order valence-corrected chi connectivity index (χ0v) is 76.5. The number of esters is 3. The van der Waals surface area contributed by atoms with Gasteiger partial charge in [-0.1, -0.05) is 140 Å². The third-order valence-corrected chi connectivity index (χ3v) is 36.4. The molecule has 0 N–H and O–H groups in total. The summed E-state index contributed by atoms with van der Waals surface area (Å²) in [7, 11) is 4.96. The molecule has 0 amide bonds. The van der Waals surface area contributed by atoms with Crippen LogP contribution in [0.4, 0.5) is 0 Å². The SMILES string of the molecule is CC(C)c1ccc2c(c1)C1(OCC(C3CCOC3)O1)c1ccccc1S2.COc1ccc2c(c1)C1(OCC(C(=O)OC3(C)C4CC5CC(C4)CC3C5)O1)c1ccccc1S2.COc1ccc2c(c1)C1(OCC(C(=O)OC34CC5CC(CC(C5)C3)C4)O1)c1ccccc1S2.COc1ccc2c(c1)C1(OCC(C)(C(=O)OC34CC5CC(CC(C5)C3)C4)O1)c1ccccc1S2. The van der Waals surface area contributed by atoms with Gasteiger partial charge < -0.3 is 71.1 Å². The molecule has 0 radical (unpaired) electrons. The van der Waals surface area contributed by atoms with E-state index in [1.807, 2.05) is 128 Å². The molecule has 9 atom stereocenters. The molecule has 8 aromatic rings. The lowest BCUT2D eigenvalue weighted by molar-refractivity contribution is -0.216. The summed E-state index contributed by atoms with van der Waals surface area (Å²) >= 11 is 6.86. The second-order valence-electron chi connectivity index (χ2n) is 40.3. The molecule has 9 unspecified atom stereocenters. The van der Waals surface area contributed by atoms with Gasteiger partial charge in [0.2, 0.25) is 23.1 Å². The molecule has 12 aliphatic carbocycles. The highest BCUT2D eigenvalue weighted by atomic mass is 32.2. The third-order valence-electron chi connectivity index (χ3n) is 31.8. The molecule has 12 bridgehead atoms. The van der Waals surface area contributed by atoms with Gasteiger partial charge in [0.05, 0.1) is 60.5 Å². The average molecular weight is 1790 g/mol. The Kier molecular flexibility index (Phi) is 21.3. The monoisotopic (exact) mass is 1790 g/mol. The van der Waals surface area contributed by atoms with E-state index >= 15 is 0 Å². The Morgan fingerprint density at radius 3 is 1.17 bits per heavy atom. The van der Waals surface area contributed by atoms with Gasteiger partial charge in [0, 0.05) is 96.2 Å². The molecule has 8 aromatic carbocycles. The van der Waals surface area contributed by atoms with E-state index in [0.717, 1.165) is 179 Å². The van der Waals surface area contributed by atoms with Crippen molar-refractivity contribution in [1.82, 2.24) is 0 Å². The first-order chi connectivity index (χ1) is 61.6. The van der Waals surface area contributed by atoms with E-state index in [2.05, 4.69) is 81.4 Å². The minimum atomic E-state index is -1.18. The Hall–Kier alpha value is -7.39. The molecule has 664 valence electrons. The third kappa shape index (κ3) is 14.4. The molecule has 21 aliphatic rings. The topological polar surface area (TPSA) is 190 Å². The van der Waals surface area contributed by atoms with Crippen LogP contribution in [0.2, 0.25) is 0 Å². The first kappa shape index (κ1) is 83.9. The Morgan fingerprint density at radius 2 is 0.748 bits per heavy atom. The molecule has 22 heteroatoms. The van der Waals surface area contributed by atoms with Gasteiger partial charge in [0.25, 0.3) is 0 Å². The molecule has 9 heterocycles. The molecule has 4 spiro atoms. The second-order valence-corrected chi connectivity index (χ2v) is 44.7. The van der Waals surface area contributed by atoms with Gasteiger partial charge in [-0.2, -0.15) is 0 Å². The molecule has 0 aromatic heterocycles. The van der Waals surface area contributed by atoms with Crippen molar-refractivity contribution in [1.29, 1.82) is 0 Å². The molecule has 17 fully saturated rings. The Morgan fingerprint density at radius 1 is 0.378 bits per heavy atom. The maximum atomic E-state index is 13.8. The van der Waals surface area contributed by atoms with Crippen molar-refractivity contribution in [2.45, 2.75) is 252 Å². The van der Waals surface area contributed by atoms with Gasteiger partial charge in [-0.25, -0.2) is 14.4 Å². The number of hydrogen-bond donors (Lipinski definition) is 0. The number of methoxy groups -OCH3 is 3. The number of carbonyl (C=O) groups excluding carboxylic acids is 3. The minimum Gasteiger partial charge on any atom is -0.497 e. The standard InChI is InChI=1S/2C28H30O5S.C27H28O5S.C22H24O3S/c1-26(25(29)32-27-13-17-9-18(14-27)11-19(10-17)15-27)16-31-28(33-26)21-5-3-4-6-23(21)34-24-8-7-20(30-2)12-22(24)28;1-27(18-10-16-9-17(12-18)13-19(27)11-16)33-26(29)23-15-31-28(32-23)21-5-3-4-6-24(21)34-25-8-7-20(30-2)14-22(25)28;1-29-19-6-7-24-21(11-19)27(20-4-2-3-5-23(20)33-24)30-15-22(31-27)25(28)32-26-12-16-8-17(13-26)10-18(9-16)14-26;1-14(2)15-7-8-21-18(11-15)22(17-5-3-4-6-20(17)26-21)24-13-19(25-22)16-9-10-23-12-16/h3-8,12,17-19H,9-11,13-16H2,1-2H3;3-8,14,16-19,23H,9-13,15H2,1-2H3;2-7,11,16-18,22H,8-10,12-15H2,1H3;3-8,11,14,16,19H,9-10,12-13H2,1-2H3. The maximum Gasteiger partial charge on any atom is 0.341 e. The molecule has 127 heavy (non-hydrogen) atoms. The van der Waals surface area contributed by atoms with Crippen molar-refractivity contribution >= 4 is 65.0 Å². The Balaban J connectivity index is 0.0000000976. The lowest BCUT2D eigenvalue weighted by Crippen LogP contribution is -2.58.